The van der Waals surface area contributed by atoms with Crippen LogP contribution in [0.1, 0.15) is 53.4 Å². The molecule has 4 heteroatoms. The van der Waals surface area contributed by atoms with Gasteiger partial charge in [-0.2, -0.15) is 0 Å². The highest BCUT2D eigenvalue weighted by atomic mass is 16.6. The summed E-state index contributed by atoms with van der Waals surface area (Å²) in [5.41, 5.74) is -0.421. The zero-order valence-corrected chi connectivity index (χ0v) is 13.2. The Balaban J connectivity index is 2.19. The molecule has 1 saturated carbocycles. The maximum absolute atomic E-state index is 11.8. The average Bonchev–Trinajstić information content (AvgIpc) is 2.79. The molecule has 0 radical (unpaired) electrons. The van der Waals surface area contributed by atoms with Crippen molar-refractivity contribution in [3.8, 4) is 0 Å². The first-order chi connectivity index (χ1) is 8.79. The highest BCUT2D eigenvalue weighted by molar-refractivity contribution is 5.67. The van der Waals surface area contributed by atoms with Gasteiger partial charge < -0.3 is 15.0 Å². The fraction of sp³-hybridized carbons (Fsp3) is 0.933. The monoisotopic (exact) mass is 270 g/mol. The number of rotatable bonds is 5. The second kappa shape index (κ2) is 7.13. The van der Waals surface area contributed by atoms with Crippen LogP contribution in [0.4, 0.5) is 4.79 Å². The van der Waals surface area contributed by atoms with Gasteiger partial charge in [-0.3, -0.25) is 0 Å². The standard InChI is InChI=1S/C15H30N2O2/c1-12(13-8-6-7-9-13)16-10-11-17(5)14(18)19-15(2,3)4/h12-13,16H,6-11H2,1-5H3. The summed E-state index contributed by atoms with van der Waals surface area (Å²) in [6.07, 6.45) is 5.18. The molecule has 1 atom stereocenters. The molecule has 1 amide bonds. The van der Waals surface area contributed by atoms with Gasteiger partial charge in [0.2, 0.25) is 0 Å². The molecule has 1 unspecified atom stereocenters. The quantitative estimate of drug-likeness (QED) is 0.835. The van der Waals surface area contributed by atoms with E-state index in [1.54, 1.807) is 11.9 Å². The summed E-state index contributed by atoms with van der Waals surface area (Å²) in [5, 5.41) is 3.52. The van der Waals surface area contributed by atoms with Gasteiger partial charge in [-0.05, 0) is 46.5 Å². The van der Waals surface area contributed by atoms with Crippen LogP contribution in [0, 0.1) is 5.92 Å². The number of nitrogens with zero attached hydrogens (tertiary/aromatic N) is 1. The lowest BCUT2D eigenvalue weighted by atomic mass is 10.00. The lowest BCUT2D eigenvalue weighted by molar-refractivity contribution is 0.0299. The molecule has 0 aromatic rings. The molecule has 0 aromatic carbocycles. The van der Waals surface area contributed by atoms with Crippen LogP contribution in [0.3, 0.4) is 0 Å². The van der Waals surface area contributed by atoms with E-state index in [0.29, 0.717) is 12.6 Å². The summed E-state index contributed by atoms with van der Waals surface area (Å²) < 4.78 is 5.32. The van der Waals surface area contributed by atoms with Crippen LogP contribution in [0.2, 0.25) is 0 Å². The Hall–Kier alpha value is -0.770. The van der Waals surface area contributed by atoms with E-state index < -0.39 is 5.60 Å². The minimum atomic E-state index is -0.421. The van der Waals surface area contributed by atoms with Crippen molar-refractivity contribution in [2.75, 3.05) is 20.1 Å². The van der Waals surface area contributed by atoms with Gasteiger partial charge in [0, 0.05) is 26.2 Å². The molecular weight excluding hydrogens is 240 g/mol. The fourth-order valence-corrected chi connectivity index (χ4v) is 2.52. The molecule has 0 aliphatic heterocycles. The normalized spacial score (nSPS) is 18.4. The number of carbonyl (C=O) groups excluding carboxylic acids is 1. The summed E-state index contributed by atoms with van der Waals surface area (Å²) in [5.74, 6) is 0.812. The minimum Gasteiger partial charge on any atom is -0.444 e. The summed E-state index contributed by atoms with van der Waals surface area (Å²) in [4.78, 5) is 13.4. The maximum Gasteiger partial charge on any atom is 0.410 e. The Morgan fingerprint density at radius 2 is 1.95 bits per heavy atom. The molecule has 112 valence electrons. The number of hydrogen-bond acceptors (Lipinski definition) is 3. The molecule has 0 spiro atoms. The van der Waals surface area contributed by atoms with Gasteiger partial charge in [-0.25, -0.2) is 4.79 Å². The first-order valence-electron chi connectivity index (χ1n) is 7.47. The van der Waals surface area contributed by atoms with E-state index >= 15 is 0 Å². The van der Waals surface area contributed by atoms with Gasteiger partial charge in [0.1, 0.15) is 5.60 Å². The highest BCUT2D eigenvalue weighted by Gasteiger charge is 2.22. The van der Waals surface area contributed by atoms with Crippen molar-refractivity contribution in [2.45, 2.75) is 65.0 Å². The number of amides is 1. The third kappa shape index (κ3) is 6.28. The lowest BCUT2D eigenvalue weighted by Crippen LogP contribution is -2.41. The smallest absolute Gasteiger partial charge is 0.410 e. The van der Waals surface area contributed by atoms with Crippen molar-refractivity contribution in [2.24, 2.45) is 5.92 Å². The first kappa shape index (κ1) is 16.3. The van der Waals surface area contributed by atoms with Crippen LogP contribution in [0.25, 0.3) is 0 Å². The first-order valence-corrected chi connectivity index (χ1v) is 7.47. The number of carbonyl (C=O) groups is 1. The van der Waals surface area contributed by atoms with Crippen molar-refractivity contribution in [3.05, 3.63) is 0 Å². The Labute approximate surface area is 117 Å². The molecule has 1 rings (SSSR count). The Bertz CT molecular complexity index is 280. The molecule has 4 nitrogen and oxygen atoms in total. The molecule has 0 heterocycles. The van der Waals surface area contributed by atoms with Crippen LogP contribution in [0.5, 0.6) is 0 Å². The average molecular weight is 270 g/mol. The summed E-state index contributed by atoms with van der Waals surface area (Å²) in [6.45, 7) is 9.43. The van der Waals surface area contributed by atoms with Crippen LogP contribution in [0.15, 0.2) is 0 Å². The molecule has 19 heavy (non-hydrogen) atoms. The van der Waals surface area contributed by atoms with Crippen molar-refractivity contribution in [1.29, 1.82) is 0 Å². The third-order valence-corrected chi connectivity index (χ3v) is 3.73. The van der Waals surface area contributed by atoms with E-state index in [1.807, 2.05) is 20.8 Å². The van der Waals surface area contributed by atoms with Crippen molar-refractivity contribution in [1.82, 2.24) is 10.2 Å². The fourth-order valence-electron chi connectivity index (χ4n) is 2.52. The second-order valence-corrected chi connectivity index (χ2v) is 6.69. The molecule has 1 fully saturated rings. The lowest BCUT2D eigenvalue weighted by Gasteiger charge is -2.26. The van der Waals surface area contributed by atoms with Crippen LogP contribution in [-0.2, 0) is 4.74 Å². The van der Waals surface area contributed by atoms with Crippen molar-refractivity contribution >= 4 is 6.09 Å². The molecule has 1 N–H and O–H groups in total. The van der Waals surface area contributed by atoms with E-state index in [4.69, 9.17) is 4.74 Å². The number of ether oxygens (including phenoxy) is 1. The zero-order valence-electron chi connectivity index (χ0n) is 13.2. The molecule has 1 aliphatic rings. The van der Waals surface area contributed by atoms with Crippen LogP contribution >= 0.6 is 0 Å². The molecular formula is C15H30N2O2. The van der Waals surface area contributed by atoms with Crippen molar-refractivity contribution in [3.63, 3.8) is 0 Å². The summed E-state index contributed by atoms with van der Waals surface area (Å²) in [7, 11) is 1.79. The number of nitrogens with one attached hydrogen (secondary N) is 1. The Kier molecular flexibility index (Phi) is 6.11. The zero-order chi connectivity index (χ0) is 14.5. The predicted molar refractivity (Wildman–Crippen MR) is 78.3 cm³/mol. The van der Waals surface area contributed by atoms with Gasteiger partial charge in [0.05, 0.1) is 0 Å². The Morgan fingerprint density at radius 1 is 1.37 bits per heavy atom. The SMILES string of the molecule is CC(NCCN(C)C(=O)OC(C)(C)C)C1CCCC1. The van der Waals surface area contributed by atoms with Crippen molar-refractivity contribution < 1.29 is 9.53 Å². The number of hydrogen-bond donors (Lipinski definition) is 1. The number of likely N-dealkylation sites (N-methyl/N-ethyl adjacent to an activating group) is 1. The van der Waals surface area contributed by atoms with E-state index in [0.717, 1.165) is 12.5 Å². The van der Waals surface area contributed by atoms with Crippen LogP contribution < -0.4 is 5.32 Å². The van der Waals surface area contributed by atoms with Gasteiger partial charge in [-0.1, -0.05) is 12.8 Å². The van der Waals surface area contributed by atoms with E-state index in [2.05, 4.69) is 12.2 Å². The maximum atomic E-state index is 11.8. The summed E-state index contributed by atoms with van der Waals surface area (Å²) in [6, 6.07) is 0.550. The van der Waals surface area contributed by atoms with E-state index in [9.17, 15) is 4.79 Å². The van der Waals surface area contributed by atoms with Gasteiger partial charge in [0.25, 0.3) is 0 Å². The van der Waals surface area contributed by atoms with Gasteiger partial charge in [0.15, 0.2) is 0 Å². The Morgan fingerprint density at radius 3 is 2.47 bits per heavy atom. The second-order valence-electron chi connectivity index (χ2n) is 6.69. The largest absolute Gasteiger partial charge is 0.444 e. The van der Waals surface area contributed by atoms with Crippen LogP contribution in [-0.4, -0.2) is 42.8 Å². The van der Waals surface area contributed by atoms with Gasteiger partial charge in [-0.15, -0.1) is 0 Å². The van der Waals surface area contributed by atoms with E-state index in [-0.39, 0.29) is 6.09 Å². The molecule has 0 saturated heterocycles. The molecule has 0 bridgehead atoms. The topological polar surface area (TPSA) is 41.6 Å². The third-order valence-electron chi connectivity index (χ3n) is 3.73. The highest BCUT2D eigenvalue weighted by Crippen LogP contribution is 2.27. The molecule has 1 aliphatic carbocycles. The van der Waals surface area contributed by atoms with Gasteiger partial charge >= 0.3 is 6.09 Å². The minimum absolute atomic E-state index is 0.247. The summed E-state index contributed by atoms with van der Waals surface area (Å²) >= 11 is 0. The molecule has 0 aromatic heterocycles. The predicted octanol–water partition coefficient (Wildman–Crippen LogP) is 3.02. The van der Waals surface area contributed by atoms with E-state index in [1.165, 1.54) is 25.7 Å².